The van der Waals surface area contributed by atoms with E-state index in [0.717, 1.165) is 0 Å². The van der Waals surface area contributed by atoms with Crippen molar-refractivity contribution in [2.75, 3.05) is 90.1 Å². The number of hydrogen-bond donors (Lipinski definition) is 12. The minimum absolute atomic E-state index is 0.0288. The summed E-state index contributed by atoms with van der Waals surface area (Å²) >= 11 is -3.97. The molecule has 0 aliphatic carbocycles. The fourth-order valence-electron chi connectivity index (χ4n) is 3.41. The van der Waals surface area contributed by atoms with Crippen molar-refractivity contribution in [3.63, 3.8) is 0 Å². The fourth-order valence-corrected chi connectivity index (χ4v) is 6.07. The molecule has 3 aromatic rings. The summed E-state index contributed by atoms with van der Waals surface area (Å²) in [5.74, 6) is -0.692. The number of nitrogens with two attached hydrogens (primary N) is 12. The predicted octanol–water partition coefficient (Wildman–Crippen LogP) is 0.487. The zero-order valence-corrected chi connectivity index (χ0v) is 23.9. The second-order valence-electron chi connectivity index (χ2n) is 7.97. The first-order valence-corrected chi connectivity index (χ1v) is 13.5. The van der Waals surface area contributed by atoms with E-state index in [9.17, 15) is 0 Å². The average Bonchev–Trinajstić information content (AvgIpc) is 2.94. The number of methoxy groups -OCH3 is 3. The Kier molecular flexibility index (Phi) is 7.98. The van der Waals surface area contributed by atoms with E-state index in [1.165, 1.54) is 21.3 Å². The van der Waals surface area contributed by atoms with Crippen molar-refractivity contribution < 1.29 is 23.4 Å². The summed E-state index contributed by atoms with van der Waals surface area (Å²) in [6.45, 7) is 0. The van der Waals surface area contributed by atoms with Gasteiger partial charge in [0.2, 0.25) is 0 Å². The second kappa shape index (κ2) is 10.9. The van der Waals surface area contributed by atoms with E-state index < -0.39 is 21.1 Å². The molecular weight excluding hydrogens is 643 g/mol. The maximum absolute atomic E-state index is 6.21. The monoisotopic (exact) mass is 676 g/mol. The second-order valence-corrected chi connectivity index (χ2v) is 10.4. The molecule has 3 aromatic carbocycles. The molecule has 0 atom stereocenters. The van der Waals surface area contributed by atoms with Gasteiger partial charge >= 0.3 is 237 Å². The van der Waals surface area contributed by atoms with E-state index in [0.29, 0.717) is 0 Å². The van der Waals surface area contributed by atoms with Crippen molar-refractivity contribution in [3.8, 4) is 34.5 Å². The first-order valence-electron chi connectivity index (χ1n) is 10.9. The third-order valence-electron chi connectivity index (χ3n) is 5.73. The number of ether oxygens (including phenoxy) is 3. The molecule has 3 rings (SSSR count). The molecule has 0 aliphatic heterocycles. The van der Waals surface area contributed by atoms with Crippen LogP contribution in [0.25, 0.3) is 0 Å². The Hall–Kier alpha value is -5.21. The average molecular weight is 676 g/mol. The molecule has 0 saturated carbocycles. The van der Waals surface area contributed by atoms with Crippen molar-refractivity contribution in [2.24, 2.45) is 0 Å². The van der Waals surface area contributed by atoms with Gasteiger partial charge in [-0.25, -0.2) is 0 Å². The maximum atomic E-state index is 6.21. The third-order valence-corrected chi connectivity index (χ3v) is 8.13. The number of benzene rings is 3. The molecule has 0 spiro atoms. The Balaban J connectivity index is 2.29. The third kappa shape index (κ3) is 4.61. The predicted molar refractivity (Wildman–Crippen MR) is 168 cm³/mol. The van der Waals surface area contributed by atoms with Crippen molar-refractivity contribution in [1.82, 2.24) is 0 Å². The Bertz CT molecular complexity index is 1310. The topological polar surface area (TPSA) is 368 Å². The van der Waals surface area contributed by atoms with Crippen molar-refractivity contribution in [1.29, 1.82) is 0 Å². The van der Waals surface area contributed by atoms with Crippen LogP contribution >= 0.6 is 21.1 Å². The van der Waals surface area contributed by atoms with Crippen LogP contribution in [-0.4, -0.2) is 21.3 Å². The zero-order chi connectivity index (χ0) is 30.2. The van der Waals surface area contributed by atoms with Crippen LogP contribution in [0, 0.1) is 0 Å². The SMILES string of the molecule is COc1c(N)c(N)c(N)c(N)c1OI(Oc1c(N)c(N)c(N)c(N)c1OC)Oc1c(N)c(N)c(N)c(N)c1OC. The Morgan fingerprint density at radius 3 is 0.650 bits per heavy atom. The van der Waals surface area contributed by atoms with Crippen molar-refractivity contribution >= 4 is 89.3 Å². The van der Waals surface area contributed by atoms with Gasteiger partial charge in [0, 0.05) is 0 Å². The molecule has 0 saturated heterocycles. The summed E-state index contributed by atoms with van der Waals surface area (Å²) in [4.78, 5) is 0. The quantitative estimate of drug-likeness (QED) is 0.108. The van der Waals surface area contributed by atoms with Gasteiger partial charge in [-0.15, -0.1) is 0 Å². The van der Waals surface area contributed by atoms with Gasteiger partial charge in [0.15, 0.2) is 0 Å². The standard InChI is InChI=1S/C21H33IN12O6/c1-35-16-10(29)4(23)7(26)13(32)19(16)38-22(39-20-14(33)8(27)5(24)11(30)17(20)36-2)40-21-15(34)9(28)6(25)12(31)18(21)37-3/h23-34H2,1-3H3. The first kappa shape index (κ1) is 29.3. The van der Waals surface area contributed by atoms with Gasteiger partial charge in [-0.1, -0.05) is 0 Å². The van der Waals surface area contributed by atoms with Gasteiger partial charge in [0.25, 0.3) is 0 Å². The Morgan fingerprint density at radius 1 is 0.300 bits per heavy atom. The van der Waals surface area contributed by atoms with Crippen LogP contribution in [0.1, 0.15) is 0 Å². The van der Waals surface area contributed by atoms with E-state index >= 15 is 0 Å². The molecule has 0 radical (unpaired) electrons. The molecule has 24 N–H and O–H groups in total. The van der Waals surface area contributed by atoms with Crippen molar-refractivity contribution in [2.45, 2.75) is 0 Å². The van der Waals surface area contributed by atoms with E-state index in [4.69, 9.17) is 92.2 Å². The molecule has 40 heavy (non-hydrogen) atoms. The Labute approximate surface area is 237 Å². The Morgan fingerprint density at radius 2 is 0.475 bits per heavy atom. The van der Waals surface area contributed by atoms with E-state index in [1.807, 2.05) is 0 Å². The number of halogens is 1. The van der Waals surface area contributed by atoms with Gasteiger partial charge in [0.05, 0.1) is 0 Å². The van der Waals surface area contributed by atoms with Crippen LogP contribution in [0.3, 0.4) is 0 Å². The van der Waals surface area contributed by atoms with Crippen LogP contribution < -0.4 is 92.2 Å². The van der Waals surface area contributed by atoms with Crippen LogP contribution in [0.4, 0.5) is 68.2 Å². The van der Waals surface area contributed by atoms with Gasteiger partial charge in [-0.2, -0.15) is 0 Å². The normalized spacial score (nSPS) is 11.0. The van der Waals surface area contributed by atoms with Gasteiger partial charge in [0.1, 0.15) is 0 Å². The van der Waals surface area contributed by atoms with Crippen LogP contribution in [0.5, 0.6) is 34.5 Å². The molecule has 18 nitrogen and oxygen atoms in total. The molecule has 19 heteroatoms. The van der Waals surface area contributed by atoms with E-state index in [1.54, 1.807) is 0 Å². The summed E-state index contributed by atoms with van der Waals surface area (Å²) in [6, 6.07) is 0. The zero-order valence-electron chi connectivity index (χ0n) is 21.8. The van der Waals surface area contributed by atoms with Crippen molar-refractivity contribution in [3.05, 3.63) is 0 Å². The summed E-state index contributed by atoms with van der Waals surface area (Å²) in [5, 5.41) is 0. The van der Waals surface area contributed by atoms with E-state index in [2.05, 4.69) is 0 Å². The number of nitrogen functional groups attached to an aromatic ring is 12. The molecule has 0 amide bonds. The molecule has 0 heterocycles. The van der Waals surface area contributed by atoms with Crippen LogP contribution in [0.15, 0.2) is 0 Å². The van der Waals surface area contributed by atoms with Crippen LogP contribution in [0.2, 0.25) is 0 Å². The van der Waals surface area contributed by atoms with E-state index in [-0.39, 0.29) is 103 Å². The molecule has 0 aliphatic rings. The number of rotatable bonds is 9. The summed E-state index contributed by atoms with van der Waals surface area (Å²) in [5.41, 5.74) is 72.0. The molecule has 0 bridgehead atoms. The molecular formula is C21H33IN12O6. The first-order chi connectivity index (χ1) is 18.7. The fraction of sp³-hybridized carbons (Fsp3) is 0.143. The van der Waals surface area contributed by atoms with Gasteiger partial charge in [-0.3, -0.25) is 0 Å². The summed E-state index contributed by atoms with van der Waals surface area (Å²) in [7, 11) is 3.91. The minimum atomic E-state index is -3.97. The van der Waals surface area contributed by atoms with Gasteiger partial charge in [-0.05, 0) is 0 Å². The van der Waals surface area contributed by atoms with Crippen LogP contribution in [-0.2, 0) is 0 Å². The molecule has 0 fully saturated rings. The van der Waals surface area contributed by atoms with Gasteiger partial charge < -0.3 is 0 Å². The molecule has 0 aromatic heterocycles. The molecule has 220 valence electrons. The summed E-state index contributed by atoms with van der Waals surface area (Å²) < 4.78 is 34.5. The summed E-state index contributed by atoms with van der Waals surface area (Å²) in [6.07, 6.45) is 0. The molecule has 0 unspecified atom stereocenters. The number of anilines is 12. The number of hydrogen-bond acceptors (Lipinski definition) is 18.